The second-order valence-corrected chi connectivity index (χ2v) is 4.49. The first-order chi connectivity index (χ1) is 10.0. The lowest BCUT2D eigenvalue weighted by Crippen LogP contribution is -2.04. The van der Waals surface area contributed by atoms with E-state index in [2.05, 4.69) is 15.0 Å². The van der Waals surface area contributed by atoms with Crippen LogP contribution in [0.3, 0.4) is 0 Å². The van der Waals surface area contributed by atoms with Gasteiger partial charge in [-0.05, 0) is 19.1 Å². The van der Waals surface area contributed by atoms with Gasteiger partial charge in [0.25, 0.3) is 0 Å². The van der Waals surface area contributed by atoms with Gasteiger partial charge in [-0.25, -0.2) is 15.0 Å². The van der Waals surface area contributed by atoms with Crippen LogP contribution in [0.5, 0.6) is 0 Å². The van der Waals surface area contributed by atoms with Gasteiger partial charge in [0.2, 0.25) is 0 Å². The minimum atomic E-state index is -4.34. The number of hydrogen-bond donors (Lipinski definition) is 0. The van der Waals surface area contributed by atoms with Crippen molar-refractivity contribution in [3.05, 3.63) is 42.4 Å². The maximum Gasteiger partial charge on any atom is 0.416 e. The maximum absolute atomic E-state index is 12.6. The van der Waals surface area contributed by atoms with Gasteiger partial charge >= 0.3 is 6.18 Å². The molecule has 0 bridgehead atoms. The second-order valence-electron chi connectivity index (χ2n) is 4.49. The fourth-order valence-corrected chi connectivity index (χ4v) is 2.21. The number of halogens is 3. The Labute approximate surface area is 118 Å². The van der Waals surface area contributed by atoms with Crippen molar-refractivity contribution in [2.45, 2.75) is 19.6 Å². The monoisotopic (exact) mass is 292 g/mol. The Hall–Kier alpha value is -2.44. The van der Waals surface area contributed by atoms with E-state index in [1.165, 1.54) is 18.5 Å². The van der Waals surface area contributed by atoms with Gasteiger partial charge in [-0.15, -0.1) is 0 Å². The van der Waals surface area contributed by atoms with E-state index in [1.54, 1.807) is 6.20 Å². The molecule has 4 nitrogen and oxygen atoms in total. The van der Waals surface area contributed by atoms with Crippen molar-refractivity contribution in [3.63, 3.8) is 0 Å². The van der Waals surface area contributed by atoms with Gasteiger partial charge in [-0.3, -0.25) is 0 Å². The zero-order valence-corrected chi connectivity index (χ0v) is 11.1. The van der Waals surface area contributed by atoms with E-state index in [4.69, 9.17) is 0 Å². The largest absolute Gasteiger partial charge is 0.416 e. The van der Waals surface area contributed by atoms with Crippen molar-refractivity contribution in [2.75, 3.05) is 0 Å². The first kappa shape index (κ1) is 13.5. The SMILES string of the molecule is CCn1c(-c2ccc(C(F)(F)F)cc2)nc2cncnc21. The Bertz CT molecular complexity index is 775. The summed E-state index contributed by atoms with van der Waals surface area (Å²) in [5.41, 5.74) is 1.23. The molecule has 0 saturated heterocycles. The number of aryl methyl sites for hydroxylation is 1. The van der Waals surface area contributed by atoms with E-state index in [0.717, 1.165) is 12.1 Å². The Morgan fingerprint density at radius 2 is 1.86 bits per heavy atom. The van der Waals surface area contributed by atoms with E-state index in [-0.39, 0.29) is 0 Å². The van der Waals surface area contributed by atoms with Gasteiger partial charge in [0.1, 0.15) is 17.7 Å². The molecule has 0 aliphatic heterocycles. The van der Waals surface area contributed by atoms with Crippen LogP contribution in [0, 0.1) is 0 Å². The Morgan fingerprint density at radius 3 is 2.48 bits per heavy atom. The van der Waals surface area contributed by atoms with Crippen LogP contribution in [0.2, 0.25) is 0 Å². The van der Waals surface area contributed by atoms with Gasteiger partial charge in [-0.1, -0.05) is 12.1 Å². The fourth-order valence-electron chi connectivity index (χ4n) is 2.21. The zero-order valence-electron chi connectivity index (χ0n) is 11.1. The summed E-state index contributed by atoms with van der Waals surface area (Å²) in [4.78, 5) is 12.5. The summed E-state index contributed by atoms with van der Waals surface area (Å²) in [6.45, 7) is 2.54. The molecule has 0 aliphatic carbocycles. The van der Waals surface area contributed by atoms with Crippen molar-refractivity contribution in [1.82, 2.24) is 19.5 Å². The highest BCUT2D eigenvalue weighted by Gasteiger charge is 2.30. The van der Waals surface area contributed by atoms with Gasteiger partial charge in [0, 0.05) is 12.1 Å². The predicted molar refractivity (Wildman–Crippen MR) is 71.4 cm³/mol. The lowest BCUT2D eigenvalue weighted by atomic mass is 10.1. The topological polar surface area (TPSA) is 43.6 Å². The molecule has 0 aliphatic rings. The molecule has 2 aromatic heterocycles. The van der Waals surface area contributed by atoms with Crippen molar-refractivity contribution < 1.29 is 13.2 Å². The summed E-state index contributed by atoms with van der Waals surface area (Å²) in [6, 6.07) is 4.95. The molecular formula is C14H11F3N4. The number of fused-ring (bicyclic) bond motifs is 1. The average Bonchev–Trinajstić information content (AvgIpc) is 2.85. The summed E-state index contributed by atoms with van der Waals surface area (Å²) in [5.74, 6) is 0.585. The highest BCUT2D eigenvalue weighted by Crippen LogP contribution is 2.31. The fraction of sp³-hybridized carbons (Fsp3) is 0.214. The maximum atomic E-state index is 12.6. The summed E-state index contributed by atoms with van der Waals surface area (Å²) in [6.07, 6.45) is -1.33. The van der Waals surface area contributed by atoms with Crippen LogP contribution in [-0.4, -0.2) is 19.5 Å². The number of benzene rings is 1. The molecule has 0 radical (unpaired) electrons. The smallest absolute Gasteiger partial charge is 0.309 e. The third-order valence-electron chi connectivity index (χ3n) is 3.20. The second kappa shape index (κ2) is 4.83. The molecule has 0 N–H and O–H groups in total. The molecule has 2 heterocycles. The molecule has 7 heteroatoms. The van der Waals surface area contributed by atoms with Gasteiger partial charge in [0.15, 0.2) is 5.65 Å². The number of nitrogens with zero attached hydrogens (tertiary/aromatic N) is 4. The van der Waals surface area contributed by atoms with Gasteiger partial charge < -0.3 is 4.57 Å². The van der Waals surface area contributed by atoms with Crippen LogP contribution in [0.4, 0.5) is 13.2 Å². The van der Waals surface area contributed by atoms with Gasteiger partial charge in [-0.2, -0.15) is 13.2 Å². The Balaban J connectivity index is 2.12. The molecule has 108 valence electrons. The zero-order chi connectivity index (χ0) is 15.0. The normalized spacial score (nSPS) is 12.0. The number of hydrogen-bond acceptors (Lipinski definition) is 3. The summed E-state index contributed by atoms with van der Waals surface area (Å²) in [5, 5.41) is 0. The van der Waals surface area contributed by atoms with E-state index in [9.17, 15) is 13.2 Å². The Morgan fingerprint density at radius 1 is 1.14 bits per heavy atom. The van der Waals surface area contributed by atoms with Crippen LogP contribution in [-0.2, 0) is 12.7 Å². The lowest BCUT2D eigenvalue weighted by molar-refractivity contribution is -0.137. The van der Waals surface area contributed by atoms with Crippen molar-refractivity contribution in [1.29, 1.82) is 0 Å². The van der Waals surface area contributed by atoms with Crippen molar-refractivity contribution in [2.24, 2.45) is 0 Å². The average molecular weight is 292 g/mol. The first-order valence-electron chi connectivity index (χ1n) is 6.34. The van der Waals surface area contributed by atoms with Crippen LogP contribution in [0.1, 0.15) is 12.5 Å². The summed E-state index contributed by atoms with van der Waals surface area (Å²) < 4.78 is 39.6. The van der Waals surface area contributed by atoms with E-state index in [0.29, 0.717) is 29.1 Å². The third-order valence-corrected chi connectivity index (χ3v) is 3.20. The molecule has 0 fully saturated rings. The van der Waals surface area contributed by atoms with Crippen molar-refractivity contribution in [3.8, 4) is 11.4 Å². The summed E-state index contributed by atoms with van der Waals surface area (Å²) >= 11 is 0. The minimum Gasteiger partial charge on any atom is -0.309 e. The van der Waals surface area contributed by atoms with Crippen LogP contribution in [0.15, 0.2) is 36.8 Å². The number of alkyl halides is 3. The number of imidazole rings is 1. The summed E-state index contributed by atoms with van der Waals surface area (Å²) in [7, 11) is 0. The molecule has 0 amide bonds. The molecule has 3 aromatic rings. The van der Waals surface area contributed by atoms with Crippen LogP contribution < -0.4 is 0 Å². The number of rotatable bonds is 2. The quantitative estimate of drug-likeness (QED) is 0.725. The molecule has 21 heavy (non-hydrogen) atoms. The predicted octanol–water partition coefficient (Wildman–Crippen LogP) is 3.53. The molecule has 1 aromatic carbocycles. The molecule has 0 spiro atoms. The number of aromatic nitrogens is 4. The molecule has 3 rings (SSSR count). The van der Waals surface area contributed by atoms with E-state index in [1.807, 2.05) is 11.5 Å². The first-order valence-corrected chi connectivity index (χ1v) is 6.34. The van der Waals surface area contributed by atoms with Crippen molar-refractivity contribution >= 4 is 11.2 Å². The molecule has 0 atom stereocenters. The van der Waals surface area contributed by atoms with Crippen LogP contribution in [0.25, 0.3) is 22.6 Å². The van der Waals surface area contributed by atoms with E-state index < -0.39 is 11.7 Å². The Kier molecular flexibility index (Phi) is 3.12. The molecule has 0 unspecified atom stereocenters. The highest BCUT2D eigenvalue weighted by atomic mass is 19.4. The third kappa shape index (κ3) is 2.35. The standard InChI is InChI=1S/C14H11F3N4/c1-2-21-12(20-11-7-18-8-19-13(11)21)9-3-5-10(6-4-9)14(15,16)17/h3-8H,2H2,1H3. The minimum absolute atomic E-state index is 0.585. The molecular weight excluding hydrogens is 281 g/mol. The van der Waals surface area contributed by atoms with E-state index >= 15 is 0 Å². The lowest BCUT2D eigenvalue weighted by Gasteiger charge is -2.08. The molecule has 0 saturated carbocycles. The van der Waals surface area contributed by atoms with Gasteiger partial charge in [0.05, 0.1) is 11.8 Å². The highest BCUT2D eigenvalue weighted by molar-refractivity contribution is 5.76. The van der Waals surface area contributed by atoms with Crippen LogP contribution >= 0.6 is 0 Å².